The molecule has 1 fully saturated rings. The van der Waals surface area contributed by atoms with Crippen molar-refractivity contribution in [2.45, 2.75) is 50.3 Å². The summed E-state index contributed by atoms with van der Waals surface area (Å²) in [5.41, 5.74) is 3.58. The van der Waals surface area contributed by atoms with Crippen molar-refractivity contribution in [1.82, 2.24) is 5.32 Å². The molecule has 20 heavy (non-hydrogen) atoms. The van der Waals surface area contributed by atoms with Crippen molar-refractivity contribution in [3.05, 3.63) is 34.9 Å². The number of fused-ring (bicyclic) bond motifs is 1. The number of rotatable bonds is 3. The fraction of sp³-hybridized carbons (Fsp3) is 0.588. The van der Waals surface area contributed by atoms with Gasteiger partial charge in [-0.05, 0) is 67.7 Å². The first kappa shape index (κ1) is 13.9. The standard InChI is InChI=1S/C17H22ClNO/c18-16-6-1-3-12(9-16)11-19-17(20)15-8-7-13-4-2-5-14(13)10-15/h7-8,10,12,16H,1-6,9,11H2,(H,19,20). The quantitative estimate of drug-likeness (QED) is 0.845. The lowest BCUT2D eigenvalue weighted by Gasteiger charge is -2.25. The van der Waals surface area contributed by atoms with Crippen LogP contribution in [0.25, 0.3) is 0 Å². The van der Waals surface area contributed by atoms with E-state index in [1.165, 1.54) is 30.4 Å². The van der Waals surface area contributed by atoms with Crippen LogP contribution in [0.4, 0.5) is 0 Å². The number of amides is 1. The van der Waals surface area contributed by atoms with E-state index in [2.05, 4.69) is 17.4 Å². The molecule has 2 nitrogen and oxygen atoms in total. The molecule has 108 valence electrons. The molecule has 1 aromatic carbocycles. The zero-order valence-electron chi connectivity index (χ0n) is 11.8. The van der Waals surface area contributed by atoms with Gasteiger partial charge in [-0.25, -0.2) is 0 Å². The molecular weight excluding hydrogens is 270 g/mol. The van der Waals surface area contributed by atoms with Crippen molar-refractivity contribution >= 4 is 17.5 Å². The Balaban J connectivity index is 1.56. The van der Waals surface area contributed by atoms with E-state index in [0.29, 0.717) is 11.3 Å². The largest absolute Gasteiger partial charge is 0.352 e. The van der Waals surface area contributed by atoms with Gasteiger partial charge in [0.1, 0.15) is 0 Å². The van der Waals surface area contributed by atoms with E-state index in [4.69, 9.17) is 11.6 Å². The van der Waals surface area contributed by atoms with Gasteiger partial charge in [-0.2, -0.15) is 0 Å². The van der Waals surface area contributed by atoms with E-state index < -0.39 is 0 Å². The van der Waals surface area contributed by atoms with E-state index >= 15 is 0 Å². The SMILES string of the molecule is O=C(NCC1CCCC(Cl)C1)c1ccc2c(c1)CCC2. The predicted molar refractivity (Wildman–Crippen MR) is 82.4 cm³/mol. The van der Waals surface area contributed by atoms with Crippen LogP contribution in [0.15, 0.2) is 18.2 Å². The molecule has 2 aliphatic rings. The zero-order chi connectivity index (χ0) is 13.9. The monoisotopic (exact) mass is 291 g/mol. The highest BCUT2D eigenvalue weighted by Gasteiger charge is 2.21. The fourth-order valence-corrected chi connectivity index (χ4v) is 3.87. The van der Waals surface area contributed by atoms with Gasteiger partial charge in [-0.15, -0.1) is 11.6 Å². The van der Waals surface area contributed by atoms with Gasteiger partial charge in [0.05, 0.1) is 0 Å². The highest BCUT2D eigenvalue weighted by Crippen LogP contribution is 2.27. The lowest BCUT2D eigenvalue weighted by atomic mass is 9.89. The zero-order valence-corrected chi connectivity index (χ0v) is 12.6. The molecule has 1 amide bonds. The molecule has 1 saturated carbocycles. The van der Waals surface area contributed by atoms with Crippen LogP contribution in [0.3, 0.4) is 0 Å². The molecule has 1 N–H and O–H groups in total. The lowest BCUT2D eigenvalue weighted by molar-refractivity contribution is 0.0943. The molecule has 0 bridgehead atoms. The summed E-state index contributed by atoms with van der Waals surface area (Å²) in [7, 11) is 0. The van der Waals surface area contributed by atoms with Gasteiger partial charge in [0.2, 0.25) is 0 Å². The minimum absolute atomic E-state index is 0.0661. The average molecular weight is 292 g/mol. The Bertz CT molecular complexity index is 500. The second-order valence-electron chi connectivity index (χ2n) is 6.18. The summed E-state index contributed by atoms with van der Waals surface area (Å²) in [5, 5.41) is 3.38. The Kier molecular flexibility index (Phi) is 4.30. The highest BCUT2D eigenvalue weighted by atomic mass is 35.5. The number of halogens is 1. The third-order valence-corrected chi connectivity index (χ3v) is 5.03. The van der Waals surface area contributed by atoms with Crippen molar-refractivity contribution in [1.29, 1.82) is 0 Å². The lowest BCUT2D eigenvalue weighted by Crippen LogP contribution is -2.32. The van der Waals surface area contributed by atoms with Gasteiger partial charge in [-0.3, -0.25) is 4.79 Å². The van der Waals surface area contributed by atoms with Crippen molar-refractivity contribution in [3.63, 3.8) is 0 Å². The number of hydrogen-bond donors (Lipinski definition) is 1. The maximum atomic E-state index is 12.2. The Labute approximate surface area is 125 Å². The van der Waals surface area contributed by atoms with Gasteiger partial charge in [-0.1, -0.05) is 12.5 Å². The van der Waals surface area contributed by atoms with Crippen LogP contribution in [-0.2, 0) is 12.8 Å². The molecule has 2 aliphatic carbocycles. The van der Waals surface area contributed by atoms with Gasteiger partial charge in [0, 0.05) is 17.5 Å². The number of alkyl halides is 1. The topological polar surface area (TPSA) is 29.1 Å². The molecule has 2 unspecified atom stereocenters. The van der Waals surface area contributed by atoms with E-state index in [9.17, 15) is 4.79 Å². The van der Waals surface area contributed by atoms with E-state index in [0.717, 1.165) is 37.8 Å². The van der Waals surface area contributed by atoms with Crippen molar-refractivity contribution in [2.24, 2.45) is 5.92 Å². The Morgan fingerprint density at radius 2 is 2.05 bits per heavy atom. The number of nitrogens with one attached hydrogen (secondary N) is 1. The molecule has 0 aromatic heterocycles. The maximum absolute atomic E-state index is 12.2. The number of aryl methyl sites for hydroxylation is 2. The number of hydrogen-bond acceptors (Lipinski definition) is 1. The first-order chi connectivity index (χ1) is 9.72. The minimum atomic E-state index is 0.0661. The first-order valence-corrected chi connectivity index (χ1v) is 8.20. The third kappa shape index (κ3) is 3.17. The maximum Gasteiger partial charge on any atom is 0.251 e. The van der Waals surface area contributed by atoms with Crippen LogP contribution < -0.4 is 5.32 Å². The molecular formula is C17H22ClNO. The molecule has 3 heteroatoms. The second kappa shape index (κ2) is 6.17. The summed E-state index contributed by atoms with van der Waals surface area (Å²) >= 11 is 6.19. The summed E-state index contributed by atoms with van der Waals surface area (Å²) < 4.78 is 0. The van der Waals surface area contributed by atoms with Gasteiger partial charge in [0.15, 0.2) is 0 Å². The molecule has 0 aliphatic heterocycles. The minimum Gasteiger partial charge on any atom is -0.352 e. The number of carbonyl (C=O) groups excluding carboxylic acids is 1. The van der Waals surface area contributed by atoms with Crippen LogP contribution >= 0.6 is 11.6 Å². The summed E-state index contributed by atoms with van der Waals surface area (Å²) in [6, 6.07) is 6.15. The Morgan fingerprint density at radius 3 is 2.90 bits per heavy atom. The molecule has 0 spiro atoms. The van der Waals surface area contributed by atoms with Gasteiger partial charge in [0.25, 0.3) is 5.91 Å². The molecule has 1 aromatic rings. The average Bonchev–Trinajstić information content (AvgIpc) is 2.92. The van der Waals surface area contributed by atoms with Crippen LogP contribution in [0.5, 0.6) is 0 Å². The third-order valence-electron chi connectivity index (χ3n) is 4.63. The number of carbonyl (C=O) groups is 1. The van der Waals surface area contributed by atoms with E-state index in [1.807, 2.05) is 6.07 Å². The fourth-order valence-electron chi connectivity index (χ4n) is 3.46. The Morgan fingerprint density at radius 1 is 1.20 bits per heavy atom. The molecule has 0 heterocycles. The van der Waals surface area contributed by atoms with Crippen LogP contribution in [0.2, 0.25) is 0 Å². The van der Waals surface area contributed by atoms with E-state index in [1.54, 1.807) is 0 Å². The molecule has 3 rings (SSSR count). The summed E-state index contributed by atoms with van der Waals surface area (Å²) in [6.45, 7) is 0.763. The van der Waals surface area contributed by atoms with Crippen LogP contribution in [0.1, 0.15) is 53.6 Å². The molecule has 2 atom stereocenters. The van der Waals surface area contributed by atoms with Gasteiger partial charge >= 0.3 is 0 Å². The second-order valence-corrected chi connectivity index (χ2v) is 6.79. The number of benzene rings is 1. The van der Waals surface area contributed by atoms with E-state index in [-0.39, 0.29) is 5.91 Å². The molecule has 0 radical (unpaired) electrons. The smallest absolute Gasteiger partial charge is 0.251 e. The van der Waals surface area contributed by atoms with Crippen molar-refractivity contribution in [2.75, 3.05) is 6.54 Å². The summed E-state index contributed by atoms with van der Waals surface area (Å²) in [6.07, 6.45) is 8.03. The van der Waals surface area contributed by atoms with Gasteiger partial charge < -0.3 is 5.32 Å². The van der Waals surface area contributed by atoms with Crippen LogP contribution in [0, 0.1) is 5.92 Å². The Hall–Kier alpha value is -1.02. The first-order valence-electron chi connectivity index (χ1n) is 7.76. The molecule has 0 saturated heterocycles. The van der Waals surface area contributed by atoms with Crippen LogP contribution in [-0.4, -0.2) is 17.8 Å². The summed E-state index contributed by atoms with van der Waals surface area (Å²) in [4.78, 5) is 12.2. The predicted octanol–water partition coefficient (Wildman–Crippen LogP) is 3.70. The normalized spacial score (nSPS) is 25.2. The highest BCUT2D eigenvalue weighted by molar-refractivity contribution is 6.20. The summed E-state index contributed by atoms with van der Waals surface area (Å²) in [5.74, 6) is 0.612. The van der Waals surface area contributed by atoms with Crippen molar-refractivity contribution < 1.29 is 4.79 Å². The van der Waals surface area contributed by atoms with Crippen molar-refractivity contribution in [3.8, 4) is 0 Å².